The van der Waals surface area contributed by atoms with Gasteiger partial charge in [-0.25, -0.2) is 14.2 Å². The number of nitrogen functional groups attached to an aromatic ring is 1. The van der Waals surface area contributed by atoms with E-state index in [1.165, 1.54) is 35.2 Å². The lowest BCUT2D eigenvalue weighted by Gasteiger charge is -2.49. The molecule has 0 spiro atoms. The fourth-order valence-corrected chi connectivity index (χ4v) is 8.55. The number of carboxylic acid groups (broad SMARTS) is 1. The Bertz CT molecular complexity index is 2120. The molecule has 14 nitrogen and oxygen atoms in total. The Hall–Kier alpha value is -5.00. The van der Waals surface area contributed by atoms with E-state index in [1.54, 1.807) is 12.3 Å². The number of β-lactam (4-membered cyclic amide) rings is 1. The lowest BCUT2D eigenvalue weighted by Crippen LogP contribution is -2.71. The number of rotatable bonds is 11. The van der Waals surface area contributed by atoms with Crippen LogP contribution in [-0.4, -0.2) is 91.6 Å². The number of thioether (sulfide) groups is 1. The first-order valence-corrected chi connectivity index (χ1v) is 18.2. The molecule has 264 valence electrons. The Morgan fingerprint density at radius 2 is 2.10 bits per heavy atom. The summed E-state index contributed by atoms with van der Waals surface area (Å²) in [5.41, 5.74) is 8.61. The molecule has 51 heavy (non-hydrogen) atoms. The van der Waals surface area contributed by atoms with Gasteiger partial charge < -0.3 is 25.6 Å². The summed E-state index contributed by atoms with van der Waals surface area (Å²) in [4.78, 5) is 49.1. The van der Waals surface area contributed by atoms with Crippen LogP contribution >= 0.6 is 34.7 Å². The van der Waals surface area contributed by atoms with Gasteiger partial charge in [0.25, 0.3) is 11.8 Å². The summed E-state index contributed by atoms with van der Waals surface area (Å²) in [6.07, 6.45) is 7.45. The number of hydrazone groups is 1. The maximum absolute atomic E-state index is 15.4. The number of hydrogen-bond acceptors (Lipinski definition) is 11. The van der Waals surface area contributed by atoms with Gasteiger partial charge >= 0.3 is 5.97 Å². The third-order valence-corrected chi connectivity index (χ3v) is 11.2. The van der Waals surface area contributed by atoms with Gasteiger partial charge in [-0.05, 0) is 36.6 Å². The van der Waals surface area contributed by atoms with Gasteiger partial charge in [-0.3, -0.25) is 19.5 Å². The predicted octanol–water partition coefficient (Wildman–Crippen LogP) is 3.03. The van der Waals surface area contributed by atoms with Crippen molar-refractivity contribution in [1.82, 2.24) is 24.8 Å². The number of nitrogens with two attached hydrogens (primary N) is 1. The molecule has 3 aliphatic heterocycles. The van der Waals surface area contributed by atoms with Crippen molar-refractivity contribution in [2.75, 3.05) is 31.7 Å². The molecule has 0 unspecified atom stereocenters. The Balaban J connectivity index is 1.09. The van der Waals surface area contributed by atoms with E-state index in [4.69, 9.17) is 22.2 Å². The summed E-state index contributed by atoms with van der Waals surface area (Å²) < 4.78 is 19.1. The monoisotopic (exact) mass is 752 g/mol. The van der Waals surface area contributed by atoms with Gasteiger partial charge in [-0.2, -0.15) is 9.67 Å². The van der Waals surface area contributed by atoms with Gasteiger partial charge in [0.2, 0.25) is 5.52 Å². The second kappa shape index (κ2) is 14.3. The summed E-state index contributed by atoms with van der Waals surface area (Å²) in [7, 11) is 1.27. The fraction of sp³-hybridized carbons (Fsp3) is 0.303. The number of thiazole rings is 1. The van der Waals surface area contributed by atoms with Gasteiger partial charge in [-0.15, -0.1) is 23.1 Å². The normalized spacial score (nSPS) is 19.2. The number of oxime groups is 1. The van der Waals surface area contributed by atoms with E-state index >= 15 is 4.39 Å². The average Bonchev–Trinajstić information content (AvgIpc) is 3.88. The zero-order valence-electron chi connectivity index (χ0n) is 27.2. The van der Waals surface area contributed by atoms with E-state index in [1.807, 2.05) is 44.7 Å². The molecule has 4 aromatic rings. The summed E-state index contributed by atoms with van der Waals surface area (Å²) in [5, 5.41) is 24.5. The number of carboxylic acids is 1. The molecule has 2 amide bonds. The lowest BCUT2D eigenvalue weighted by molar-refractivity contribution is -0.663. The van der Waals surface area contributed by atoms with Gasteiger partial charge in [0, 0.05) is 58.7 Å². The van der Waals surface area contributed by atoms with Gasteiger partial charge in [-0.1, -0.05) is 16.8 Å². The Morgan fingerprint density at radius 3 is 2.80 bits per heavy atom. The second-order valence-electron chi connectivity index (χ2n) is 12.0. The first-order valence-electron chi connectivity index (χ1n) is 15.9. The smallest absolute Gasteiger partial charge is 0.352 e. The molecule has 7 rings (SSSR count). The standard InChI is InChI=1S/C33H31ClFN9O5S2/c1-49-40-26(23-17-51-33(36)38-23)29(45)39-27-30(46)44-28(32(47)48)19(16-50-31(27)44)14-41-7-4-5-24-25(41)6-10-42(24)15-20-21(34)11-18(12-22(20)35)13-37-43-8-2-3-9-43/h4-7,10-13,17,27,31H,2-3,8-9,14-16H2,1H3,(H3-,36,38,39,45,47,48)/p+1/b37-13?,40-26-/t27-,31-/m1/s1. The maximum atomic E-state index is 15.4. The Labute approximate surface area is 304 Å². The molecule has 0 bridgehead atoms. The van der Waals surface area contributed by atoms with Crippen molar-refractivity contribution in [3.63, 3.8) is 0 Å². The number of nitrogens with one attached hydrogen (secondary N) is 1. The fourth-order valence-electron chi connectivity index (χ4n) is 6.39. The maximum Gasteiger partial charge on any atom is 0.352 e. The number of benzene rings is 1. The largest absolute Gasteiger partial charge is 0.477 e. The minimum absolute atomic E-state index is 0.126. The number of amides is 2. The number of carbonyl (C=O) groups excluding carboxylic acids is 2. The molecule has 0 radical (unpaired) electrons. The molecule has 6 heterocycles. The summed E-state index contributed by atoms with van der Waals surface area (Å²) in [6.45, 7) is 2.12. The van der Waals surface area contributed by atoms with Crippen molar-refractivity contribution in [3.05, 3.63) is 87.0 Å². The van der Waals surface area contributed by atoms with Gasteiger partial charge in [0.1, 0.15) is 41.3 Å². The number of aromatic nitrogens is 3. The van der Waals surface area contributed by atoms with Crippen LogP contribution in [0.1, 0.15) is 29.7 Å². The topological polar surface area (TPSA) is 172 Å². The van der Waals surface area contributed by atoms with Crippen LogP contribution in [0, 0.1) is 5.82 Å². The highest BCUT2D eigenvalue weighted by Gasteiger charge is 2.55. The van der Waals surface area contributed by atoms with Crippen LogP contribution in [-0.2, 0) is 32.3 Å². The minimum Gasteiger partial charge on any atom is -0.477 e. The van der Waals surface area contributed by atoms with Crippen molar-refractivity contribution in [3.8, 4) is 0 Å². The highest BCUT2D eigenvalue weighted by Crippen LogP contribution is 2.40. The van der Waals surface area contributed by atoms with Crippen LogP contribution in [0.15, 0.2) is 69.6 Å². The molecule has 2 atom stereocenters. The van der Waals surface area contributed by atoms with Crippen molar-refractivity contribution in [2.24, 2.45) is 10.3 Å². The first-order chi connectivity index (χ1) is 24.6. The van der Waals surface area contributed by atoms with Crippen LogP contribution < -0.4 is 15.6 Å². The molecular weight excluding hydrogens is 721 g/mol. The molecule has 2 saturated heterocycles. The number of pyridine rings is 1. The first kappa shape index (κ1) is 34.4. The van der Waals surface area contributed by atoms with E-state index < -0.39 is 35.0 Å². The number of hydrogen-bond donors (Lipinski definition) is 3. The van der Waals surface area contributed by atoms with E-state index in [0.29, 0.717) is 22.5 Å². The Morgan fingerprint density at radius 1 is 1.29 bits per heavy atom. The van der Waals surface area contributed by atoms with E-state index in [-0.39, 0.29) is 40.3 Å². The Kier molecular flexibility index (Phi) is 9.67. The third-order valence-electron chi connectivity index (χ3n) is 8.82. The van der Waals surface area contributed by atoms with Gasteiger partial charge in [0.15, 0.2) is 23.6 Å². The van der Waals surface area contributed by atoms with Crippen molar-refractivity contribution < 1.29 is 33.3 Å². The molecular formula is C33H32ClFN9O5S2+. The number of carbonyl (C=O) groups is 3. The van der Waals surface area contributed by atoms with Crippen LogP contribution in [0.25, 0.3) is 11.0 Å². The van der Waals surface area contributed by atoms with E-state index in [0.717, 1.165) is 48.3 Å². The van der Waals surface area contributed by atoms with Crippen LogP contribution in [0.5, 0.6) is 0 Å². The van der Waals surface area contributed by atoms with Crippen molar-refractivity contribution in [1.29, 1.82) is 0 Å². The number of anilines is 1. The van der Waals surface area contributed by atoms with Crippen LogP contribution in [0.2, 0.25) is 5.02 Å². The molecule has 0 aliphatic carbocycles. The molecule has 1 aromatic carbocycles. The number of fused-ring (bicyclic) bond motifs is 2. The number of nitrogens with zero attached hydrogens (tertiary/aromatic N) is 7. The summed E-state index contributed by atoms with van der Waals surface area (Å²) in [5.74, 6) is -2.67. The van der Waals surface area contributed by atoms with Crippen molar-refractivity contribution >= 4 is 80.6 Å². The number of aliphatic carboxylic acids is 1. The molecule has 18 heteroatoms. The molecule has 3 aromatic heterocycles. The lowest BCUT2D eigenvalue weighted by atomic mass is 10.0. The van der Waals surface area contributed by atoms with E-state index in [9.17, 15) is 19.5 Å². The zero-order valence-corrected chi connectivity index (χ0v) is 29.6. The zero-order chi connectivity index (χ0) is 35.8. The van der Waals surface area contributed by atoms with E-state index in [2.05, 4.69) is 20.6 Å². The SMILES string of the molecule is CO/N=C(\C(=O)N[C@@H]1C(=O)N2C(C(=O)O)=C(C[n+]3cccc4c3ccn4Cc3c(F)cc(C=NN4CCCC4)cc3Cl)CS[C@H]12)c1csc(N)n1. The molecule has 4 N–H and O–H groups in total. The predicted molar refractivity (Wildman–Crippen MR) is 191 cm³/mol. The average molecular weight is 753 g/mol. The minimum atomic E-state index is -1.25. The third kappa shape index (κ3) is 6.75. The van der Waals surface area contributed by atoms with Crippen LogP contribution in [0.3, 0.4) is 0 Å². The molecule has 0 saturated carbocycles. The van der Waals surface area contributed by atoms with Crippen LogP contribution in [0.4, 0.5) is 9.52 Å². The highest BCUT2D eigenvalue weighted by molar-refractivity contribution is 8.00. The highest BCUT2D eigenvalue weighted by atomic mass is 35.5. The van der Waals surface area contributed by atoms with Gasteiger partial charge in [0.05, 0.1) is 12.8 Å². The number of halogens is 2. The molecule has 3 aliphatic rings. The second-order valence-corrected chi connectivity index (χ2v) is 14.4. The van der Waals surface area contributed by atoms with Crippen molar-refractivity contribution in [2.45, 2.75) is 37.3 Å². The summed E-state index contributed by atoms with van der Waals surface area (Å²) in [6, 6.07) is 7.73. The quantitative estimate of drug-likeness (QED) is 0.0902. The molecule has 2 fully saturated rings. The summed E-state index contributed by atoms with van der Waals surface area (Å²) >= 11 is 9.03.